The molecule has 12 nitrogen and oxygen atoms in total. The number of anilines is 12. The highest BCUT2D eigenvalue weighted by molar-refractivity contribution is 5.93. The lowest BCUT2D eigenvalue weighted by atomic mass is 9.67. The molecule has 13 rings (SSSR count). The summed E-state index contributed by atoms with van der Waals surface area (Å²) in [5.74, 6) is 0. The predicted octanol–water partition coefficient (Wildman–Crippen LogP) is 20.9. The van der Waals surface area contributed by atoms with Crippen molar-refractivity contribution in [1.82, 2.24) is 0 Å². The molecule has 0 spiro atoms. The Morgan fingerprint density at radius 2 is 0.452 bits per heavy atom. The van der Waals surface area contributed by atoms with Gasteiger partial charge in [-0.05, 0) is 228 Å². The van der Waals surface area contributed by atoms with E-state index in [-0.39, 0.29) is 0 Å². The van der Waals surface area contributed by atoms with Crippen LogP contribution in [-0.2, 0) is 5.41 Å². The molecule has 0 aromatic heterocycles. The van der Waals surface area contributed by atoms with E-state index in [1.54, 1.807) is 97.1 Å². The van der Waals surface area contributed by atoms with Gasteiger partial charge in [-0.25, -0.2) is 14.5 Å². The van der Waals surface area contributed by atoms with Crippen LogP contribution in [0.3, 0.4) is 0 Å². The van der Waals surface area contributed by atoms with Crippen LogP contribution in [0.2, 0.25) is 0 Å². The zero-order chi connectivity index (χ0) is 64.0. The van der Waals surface area contributed by atoms with Gasteiger partial charge in [0.15, 0.2) is 17.1 Å². The maximum Gasteiger partial charge on any atom is 0.187 e. The molecule has 0 saturated carbocycles. The highest BCUT2D eigenvalue weighted by Gasteiger charge is 2.47. The molecule has 1 aliphatic rings. The molecule has 0 fully saturated rings. The molecule has 0 atom stereocenters. The molecule has 0 aliphatic heterocycles. The summed E-state index contributed by atoms with van der Waals surface area (Å²) in [7, 11) is 0. The molecule has 0 bridgehead atoms. The minimum atomic E-state index is -1.26. The van der Waals surface area contributed by atoms with Crippen LogP contribution in [0.15, 0.2) is 279 Å². The van der Waals surface area contributed by atoms with Gasteiger partial charge in [-0.3, -0.25) is 0 Å². The summed E-state index contributed by atoms with van der Waals surface area (Å²) >= 11 is 0. The molecule has 0 amide bonds. The number of rotatable bonds is 14. The summed E-state index contributed by atoms with van der Waals surface area (Å²) in [5, 5.41) is 50.8. The van der Waals surface area contributed by atoms with Crippen LogP contribution in [0, 0.1) is 76.4 Å². The van der Waals surface area contributed by atoms with Crippen LogP contribution in [-0.4, -0.2) is 0 Å². The Labute approximate surface area is 538 Å². The minimum absolute atomic E-state index is 0.448. The van der Waals surface area contributed by atoms with Crippen LogP contribution in [0.1, 0.15) is 50.1 Å². The first-order valence-corrected chi connectivity index (χ1v) is 29.3. The number of benzene rings is 12. The van der Waals surface area contributed by atoms with Crippen molar-refractivity contribution in [2.75, 3.05) is 19.6 Å². The largest absolute Gasteiger partial charge is 0.311 e. The zero-order valence-electron chi connectivity index (χ0n) is 49.4. The first-order valence-electron chi connectivity index (χ1n) is 29.3. The number of hydrogen-bond acceptors (Lipinski definition) is 9. The number of fused-ring (bicyclic) bond motifs is 3. The first kappa shape index (κ1) is 57.8. The van der Waals surface area contributed by atoms with Gasteiger partial charge in [0.2, 0.25) is 0 Å². The fourth-order valence-electron chi connectivity index (χ4n) is 12.4. The lowest BCUT2D eigenvalue weighted by Crippen LogP contribution is -2.30. The monoisotopic (exact) mass is 1190 g/mol. The smallest absolute Gasteiger partial charge is 0.187 e. The molecular weight excluding hydrogens is 1140 g/mol. The van der Waals surface area contributed by atoms with E-state index >= 15 is 0 Å². The molecule has 0 radical (unpaired) electrons. The van der Waals surface area contributed by atoms with E-state index in [0.717, 1.165) is 44.8 Å². The highest BCUT2D eigenvalue weighted by atomic mass is 15.2. The third-order valence-corrected chi connectivity index (χ3v) is 16.6. The molecule has 430 valence electrons. The van der Waals surface area contributed by atoms with E-state index in [9.17, 15) is 26.3 Å². The Morgan fingerprint density at radius 3 is 0.656 bits per heavy atom. The molecule has 0 unspecified atom stereocenters. The van der Waals surface area contributed by atoms with Gasteiger partial charge in [-0.15, -0.1) is 0 Å². The summed E-state index contributed by atoms with van der Waals surface area (Å²) in [6, 6.07) is 100. The molecule has 0 N–H and O–H groups in total. The number of hydrogen-bond donors (Lipinski definition) is 0. The van der Waals surface area contributed by atoms with Gasteiger partial charge in [-0.1, -0.05) is 84.9 Å². The van der Waals surface area contributed by atoms with Crippen LogP contribution < -0.4 is 19.6 Å². The number of nitrogens with zero attached hydrogens (tertiary/aromatic N) is 12. The van der Waals surface area contributed by atoms with E-state index in [1.807, 2.05) is 109 Å². The van der Waals surface area contributed by atoms with Gasteiger partial charge in [0.25, 0.3) is 0 Å². The number of nitriles is 5. The predicted molar refractivity (Wildman–Crippen MR) is 365 cm³/mol. The maximum absolute atomic E-state index is 10.2. The van der Waals surface area contributed by atoms with Gasteiger partial charge in [0, 0.05) is 68.2 Å². The third-order valence-electron chi connectivity index (χ3n) is 16.6. The van der Waals surface area contributed by atoms with Crippen LogP contribution in [0.4, 0.5) is 85.3 Å². The average molecular weight is 1190 g/mol. The van der Waals surface area contributed by atoms with Crippen molar-refractivity contribution in [1.29, 1.82) is 26.3 Å². The quantitative estimate of drug-likeness (QED) is 0.0971. The Kier molecular flexibility index (Phi) is 15.5. The van der Waals surface area contributed by atoms with E-state index in [2.05, 4.69) is 137 Å². The van der Waals surface area contributed by atoms with Gasteiger partial charge in [-0.2, -0.15) is 26.3 Å². The molecular formula is C81H46N12. The summed E-state index contributed by atoms with van der Waals surface area (Å²) in [5.41, 5.74) is 16.4. The first-order chi connectivity index (χ1) is 45.7. The topological polar surface area (TPSA) is 145 Å². The SMILES string of the molecule is [C-]#[N+]c1ccc(N(c2ccc(C#N)cc2)c2cc(N(c3ccc(C#N)cc3)c3ccc(C#N)cc3)cc(C3(c4cc(N(c5ccc(C#N)cc5)c5ccc([N+]#[C-])cc5)cc(N(c5ccc(C#N)cc5)c5ccc([N+]#[C-])cc5)c4)c4ccccc4-c4ccccc43)c2)cc1. The third kappa shape index (κ3) is 10.7. The maximum atomic E-state index is 10.2. The Hall–Kier alpha value is -14.2. The fraction of sp³-hybridized carbons (Fsp3) is 0.0123. The van der Waals surface area contributed by atoms with E-state index in [4.69, 9.17) is 19.7 Å². The second-order valence-corrected chi connectivity index (χ2v) is 21.8. The zero-order valence-corrected chi connectivity index (χ0v) is 49.4. The van der Waals surface area contributed by atoms with Crippen LogP contribution in [0.5, 0.6) is 0 Å². The van der Waals surface area contributed by atoms with Gasteiger partial charge in [0.05, 0.1) is 83.3 Å². The Bertz CT molecular complexity index is 4380. The van der Waals surface area contributed by atoms with Crippen molar-refractivity contribution in [2.45, 2.75) is 5.41 Å². The van der Waals surface area contributed by atoms with E-state index in [1.165, 1.54) is 0 Å². The Morgan fingerprint density at radius 1 is 0.247 bits per heavy atom. The van der Waals surface area contributed by atoms with Crippen molar-refractivity contribution in [3.8, 4) is 41.5 Å². The standard InChI is InChI=1S/C81H46N12/c1-87-62-22-38-70(39-23-62)91(67-32-16-57(52-84)17-33-67)74-45-60(44-73(48-74)90(65-28-12-55(50-82)13-29-65)66-30-14-56(51-83)15-31-66)81(79-10-6-4-8-77(79)78-9-5-7-11-80(78)81)61-46-75(92(68-34-18-58(53-85)19-35-68)71-40-24-63(88-2)25-41-71)49-76(47-61)93(69-36-20-59(54-86)21-37-69)72-42-26-64(89-3)27-43-72/h4-49H. The molecule has 93 heavy (non-hydrogen) atoms. The summed E-state index contributed by atoms with van der Waals surface area (Å²) in [4.78, 5) is 19.7. The highest BCUT2D eigenvalue weighted by Crippen LogP contribution is 2.59. The van der Waals surface area contributed by atoms with Crippen LogP contribution >= 0.6 is 0 Å². The van der Waals surface area contributed by atoms with Gasteiger partial charge < -0.3 is 19.6 Å². The van der Waals surface area contributed by atoms with Crippen molar-refractivity contribution in [2.24, 2.45) is 0 Å². The summed E-state index contributed by atoms with van der Waals surface area (Å²) in [6.07, 6.45) is 0. The van der Waals surface area contributed by atoms with E-state index in [0.29, 0.717) is 102 Å². The van der Waals surface area contributed by atoms with Crippen molar-refractivity contribution >= 4 is 85.3 Å². The lowest BCUT2D eigenvalue weighted by Gasteiger charge is -2.38. The molecule has 12 aromatic rings. The lowest BCUT2D eigenvalue weighted by molar-refractivity contribution is 0.768. The van der Waals surface area contributed by atoms with Crippen molar-refractivity contribution in [3.05, 3.63) is 363 Å². The normalized spacial score (nSPS) is 11.2. The molecule has 1 aliphatic carbocycles. The second kappa shape index (κ2) is 24.9. The minimum Gasteiger partial charge on any atom is -0.311 e. The van der Waals surface area contributed by atoms with Crippen molar-refractivity contribution < 1.29 is 0 Å². The van der Waals surface area contributed by atoms with Gasteiger partial charge in [0.1, 0.15) is 0 Å². The van der Waals surface area contributed by atoms with Crippen molar-refractivity contribution in [3.63, 3.8) is 0 Å². The van der Waals surface area contributed by atoms with Crippen LogP contribution in [0.25, 0.3) is 25.7 Å². The second-order valence-electron chi connectivity index (χ2n) is 21.8. The Balaban J connectivity index is 1.21. The average Bonchev–Trinajstić information content (AvgIpc) is 1.56. The summed E-state index contributed by atoms with van der Waals surface area (Å²) < 4.78 is 0. The van der Waals surface area contributed by atoms with E-state index < -0.39 is 5.41 Å². The molecule has 12 aromatic carbocycles. The van der Waals surface area contributed by atoms with Gasteiger partial charge >= 0.3 is 0 Å². The molecule has 0 heterocycles. The summed E-state index contributed by atoms with van der Waals surface area (Å²) in [6.45, 7) is 23.9. The fourth-order valence-corrected chi connectivity index (χ4v) is 12.4. The molecule has 12 heteroatoms. The molecule has 0 saturated heterocycles.